The molecule has 44 valence electrons. The number of nitrogens with zero attached hydrogens (tertiary/aromatic N) is 1. The average Bonchev–Trinajstić information content (AvgIpc) is 1.77. The first kappa shape index (κ1) is 5.87. The summed E-state index contributed by atoms with van der Waals surface area (Å²) in [7, 11) is 0. The molecule has 0 aliphatic carbocycles. The first-order valence-corrected chi connectivity index (χ1v) is 4.27. The van der Waals surface area contributed by atoms with Crippen LogP contribution in [-0.4, -0.2) is 9.60 Å². The third-order valence-electron chi connectivity index (χ3n) is 0.622. The Morgan fingerprint density at radius 3 is 2.88 bits per heavy atom. The van der Waals surface area contributed by atoms with Gasteiger partial charge >= 0.3 is 0 Å². The van der Waals surface area contributed by atoms with Gasteiger partial charge in [-0.05, 0) is 24.8 Å². The Labute approximate surface area is 56.0 Å². The highest BCUT2D eigenvalue weighted by atomic mass is 127. The minimum atomic E-state index is -0.575. The Balaban J connectivity index is 2.93. The van der Waals surface area contributed by atoms with E-state index in [-0.39, 0.29) is 9.60 Å². The number of nitrogens with two attached hydrogens (primary N) is 1. The average molecular weight is 226 g/mol. The fourth-order valence-electron chi connectivity index (χ4n) is 0.297. The van der Waals surface area contributed by atoms with Gasteiger partial charge in [0.2, 0.25) is 0 Å². The highest BCUT2D eigenvalue weighted by Crippen LogP contribution is 2.08. The second-order valence-corrected chi connectivity index (χ2v) is 3.45. The van der Waals surface area contributed by atoms with Crippen molar-refractivity contribution in [3.63, 3.8) is 0 Å². The molecule has 0 amide bonds. The van der Waals surface area contributed by atoms with Crippen LogP contribution in [0.4, 0.5) is 4.39 Å². The molecule has 8 heavy (non-hydrogen) atoms. The van der Waals surface area contributed by atoms with Gasteiger partial charge < -0.3 is 5.73 Å². The lowest BCUT2D eigenvalue weighted by Crippen LogP contribution is -2.18. The topological polar surface area (TPSA) is 38.4 Å². The maximum absolute atomic E-state index is 12.2. The molecule has 0 saturated carbocycles. The molecule has 0 saturated heterocycles. The Kier molecular flexibility index (Phi) is 1.72. The number of hydrogen-bond acceptors (Lipinski definition) is 2. The van der Waals surface area contributed by atoms with Gasteiger partial charge in [0.05, 0.1) is 0 Å². The normalized spacial score (nSPS) is 18.6. The minimum Gasteiger partial charge on any atom is -0.381 e. The summed E-state index contributed by atoms with van der Waals surface area (Å²) in [6, 6.07) is 0. The smallest absolute Gasteiger partial charge is 0.196 e. The van der Waals surface area contributed by atoms with Crippen LogP contribution in [-0.2, 0) is 0 Å². The SMILES string of the molecule is NC1=NC=CI=C1F. The number of hydrogen-bond donors (Lipinski definition) is 1. The van der Waals surface area contributed by atoms with E-state index in [9.17, 15) is 4.39 Å². The standard InChI is InChI=1S/C4H4FIN2/c5-3-4(7)8-2-1-6-3/h1-2H,(H2,7,8). The molecule has 0 aromatic rings. The number of halogens is 2. The van der Waals surface area contributed by atoms with Crippen LogP contribution in [0, 0.1) is 0 Å². The molecule has 0 spiro atoms. The molecule has 1 heterocycles. The molecule has 1 aliphatic rings. The molecule has 0 fully saturated rings. The summed E-state index contributed by atoms with van der Waals surface area (Å²) in [5, 5.41) is 0. The predicted molar refractivity (Wildman–Crippen MR) is 40.9 cm³/mol. The molecular formula is C4H4FIN2. The summed E-state index contributed by atoms with van der Waals surface area (Å²) in [5.74, 6) is 0.0558. The zero-order chi connectivity index (χ0) is 5.98. The van der Waals surface area contributed by atoms with E-state index in [0.29, 0.717) is 0 Å². The highest BCUT2D eigenvalue weighted by molar-refractivity contribution is 14.2. The van der Waals surface area contributed by atoms with Crippen LogP contribution in [0.2, 0.25) is 0 Å². The summed E-state index contributed by atoms with van der Waals surface area (Å²) in [4.78, 5) is 3.54. The first-order valence-electron chi connectivity index (χ1n) is 1.95. The maximum atomic E-state index is 12.2. The van der Waals surface area contributed by atoms with Crippen molar-refractivity contribution in [1.29, 1.82) is 0 Å². The number of aliphatic imine (C=N–C) groups is 1. The van der Waals surface area contributed by atoms with Crippen molar-refractivity contribution in [2.75, 3.05) is 0 Å². The van der Waals surface area contributed by atoms with Gasteiger partial charge in [0.1, 0.15) is 0 Å². The van der Waals surface area contributed by atoms with E-state index >= 15 is 0 Å². The molecule has 0 radical (unpaired) electrons. The lowest BCUT2D eigenvalue weighted by molar-refractivity contribution is 0.844. The number of rotatable bonds is 0. The zero-order valence-corrected chi connectivity index (χ0v) is 6.09. The molecule has 2 nitrogen and oxygen atoms in total. The lowest BCUT2D eigenvalue weighted by Gasteiger charge is -1.94. The quantitative estimate of drug-likeness (QED) is 0.612. The van der Waals surface area contributed by atoms with Crippen molar-refractivity contribution in [2.45, 2.75) is 0 Å². The van der Waals surface area contributed by atoms with Crippen LogP contribution < -0.4 is 5.73 Å². The second kappa shape index (κ2) is 2.34. The maximum Gasteiger partial charge on any atom is 0.196 e. The summed E-state index contributed by atoms with van der Waals surface area (Å²) >= 11 is -0.575. The van der Waals surface area contributed by atoms with E-state index < -0.39 is 20.7 Å². The van der Waals surface area contributed by atoms with E-state index in [4.69, 9.17) is 5.73 Å². The second-order valence-electron chi connectivity index (χ2n) is 1.16. The van der Waals surface area contributed by atoms with Gasteiger partial charge in [0.15, 0.2) is 9.60 Å². The van der Waals surface area contributed by atoms with Crippen molar-refractivity contribution in [3.8, 4) is 0 Å². The van der Waals surface area contributed by atoms with Crippen molar-refractivity contribution in [3.05, 3.63) is 10.3 Å². The van der Waals surface area contributed by atoms with E-state index in [1.165, 1.54) is 0 Å². The van der Waals surface area contributed by atoms with E-state index in [1.807, 2.05) is 0 Å². The van der Waals surface area contributed by atoms with Gasteiger partial charge in [-0.3, -0.25) is 0 Å². The largest absolute Gasteiger partial charge is 0.381 e. The fraction of sp³-hybridized carbons (Fsp3) is 0. The van der Waals surface area contributed by atoms with Gasteiger partial charge in [0, 0.05) is 6.20 Å². The van der Waals surface area contributed by atoms with Crippen molar-refractivity contribution < 1.29 is 4.39 Å². The molecule has 2 N–H and O–H groups in total. The van der Waals surface area contributed by atoms with Gasteiger partial charge in [-0.1, -0.05) is 0 Å². The van der Waals surface area contributed by atoms with Crippen molar-refractivity contribution in [1.82, 2.24) is 0 Å². The van der Waals surface area contributed by atoms with E-state index in [0.717, 1.165) is 0 Å². The zero-order valence-electron chi connectivity index (χ0n) is 3.94. The predicted octanol–water partition coefficient (Wildman–Crippen LogP) is 0.899. The van der Waals surface area contributed by atoms with Crippen LogP contribution in [0.1, 0.15) is 0 Å². The Morgan fingerprint density at radius 1 is 1.75 bits per heavy atom. The van der Waals surface area contributed by atoms with E-state index in [1.54, 1.807) is 10.3 Å². The van der Waals surface area contributed by atoms with Crippen LogP contribution >= 0.6 is 20.7 Å². The monoisotopic (exact) mass is 226 g/mol. The minimum absolute atomic E-state index is 0.0558. The lowest BCUT2D eigenvalue weighted by atomic mass is 10.7. The van der Waals surface area contributed by atoms with Crippen LogP contribution in [0.25, 0.3) is 0 Å². The molecule has 4 heteroatoms. The Bertz CT molecular complexity index is 162. The first-order chi connectivity index (χ1) is 3.80. The third kappa shape index (κ3) is 1.12. The van der Waals surface area contributed by atoms with Gasteiger partial charge in [-0.15, -0.1) is 0 Å². The molecule has 1 aliphatic heterocycles. The molecule has 0 aromatic carbocycles. The number of amidine groups is 1. The molecule has 0 unspecified atom stereocenters. The van der Waals surface area contributed by atoms with Crippen LogP contribution in [0.15, 0.2) is 15.3 Å². The molecule has 0 atom stereocenters. The van der Waals surface area contributed by atoms with Crippen LogP contribution in [0.5, 0.6) is 0 Å². The van der Waals surface area contributed by atoms with E-state index in [2.05, 4.69) is 4.99 Å². The van der Waals surface area contributed by atoms with Gasteiger partial charge in [-0.2, -0.15) is 4.39 Å². The van der Waals surface area contributed by atoms with Gasteiger partial charge in [0.25, 0.3) is 0 Å². The van der Waals surface area contributed by atoms with Crippen LogP contribution in [0.3, 0.4) is 0 Å². The third-order valence-corrected chi connectivity index (χ3v) is 2.40. The molecule has 0 aromatic heterocycles. The summed E-state index contributed by atoms with van der Waals surface area (Å²) < 4.78 is 13.7. The fourth-order valence-corrected chi connectivity index (χ4v) is 1.39. The van der Waals surface area contributed by atoms with Crippen molar-refractivity contribution in [2.24, 2.45) is 10.7 Å². The van der Waals surface area contributed by atoms with Gasteiger partial charge in [-0.25, -0.2) is 4.99 Å². The summed E-state index contributed by atoms with van der Waals surface area (Å²) in [6.07, 6.45) is 1.55. The molecular weight excluding hydrogens is 222 g/mol. The Hall–Kier alpha value is -0.260. The summed E-state index contributed by atoms with van der Waals surface area (Å²) in [5.41, 5.74) is 5.09. The highest BCUT2D eigenvalue weighted by Gasteiger charge is 2.00. The Morgan fingerprint density at radius 2 is 2.50 bits per heavy atom. The molecule has 0 bridgehead atoms. The van der Waals surface area contributed by atoms with Crippen molar-refractivity contribution >= 4 is 30.3 Å². The molecule has 1 rings (SSSR count). The summed E-state index contributed by atoms with van der Waals surface area (Å²) in [6.45, 7) is 0.